The molecule has 20 heavy (non-hydrogen) atoms. The summed E-state index contributed by atoms with van der Waals surface area (Å²) in [5.41, 5.74) is 0.865. The zero-order valence-electron chi connectivity index (χ0n) is 10.4. The van der Waals surface area contributed by atoms with Gasteiger partial charge < -0.3 is 0 Å². The smallest absolute Gasteiger partial charge is 0.147 e. The fraction of sp³-hybridized carbons (Fsp3) is 0.133. The first-order chi connectivity index (χ1) is 9.56. The van der Waals surface area contributed by atoms with Crippen molar-refractivity contribution >= 4 is 52.3 Å². The molecule has 0 bridgehead atoms. The number of carbonyl (C=O) groups is 1. The van der Waals surface area contributed by atoms with Crippen LogP contribution in [-0.2, 0) is 11.2 Å². The molecule has 0 amide bonds. The number of benzene rings is 2. The molecule has 0 spiro atoms. The summed E-state index contributed by atoms with van der Waals surface area (Å²) < 4.78 is 0. The molecular weight excluding hydrogens is 335 g/mol. The van der Waals surface area contributed by atoms with Crippen LogP contribution in [0.2, 0.25) is 15.1 Å². The molecule has 0 N–H and O–H groups in total. The van der Waals surface area contributed by atoms with Crippen molar-refractivity contribution in [3.8, 4) is 0 Å². The summed E-state index contributed by atoms with van der Waals surface area (Å²) in [5, 5.41) is 1.63. The van der Waals surface area contributed by atoms with Crippen LogP contribution < -0.4 is 0 Å². The molecule has 0 saturated heterocycles. The van der Waals surface area contributed by atoms with E-state index in [0.29, 0.717) is 27.2 Å². The van der Waals surface area contributed by atoms with Gasteiger partial charge in [0, 0.05) is 11.3 Å². The standard InChI is InChI=1S/C15H11Cl3OS/c16-12-6-5-10(8-14(12)18)7-11(19)9-20-15-4-2-1-3-13(15)17/h1-6,8H,7,9H2. The minimum absolute atomic E-state index is 0.119. The van der Waals surface area contributed by atoms with Crippen LogP contribution in [0.1, 0.15) is 5.56 Å². The van der Waals surface area contributed by atoms with Crippen molar-refractivity contribution in [3.05, 3.63) is 63.1 Å². The monoisotopic (exact) mass is 344 g/mol. The number of ketones is 1. The molecule has 2 rings (SSSR count). The summed E-state index contributed by atoms with van der Waals surface area (Å²) in [6.07, 6.45) is 0.342. The number of hydrogen-bond donors (Lipinski definition) is 0. The van der Waals surface area contributed by atoms with E-state index >= 15 is 0 Å². The van der Waals surface area contributed by atoms with Crippen molar-refractivity contribution in [2.45, 2.75) is 11.3 Å². The second kappa shape index (κ2) is 7.37. The van der Waals surface area contributed by atoms with E-state index in [2.05, 4.69) is 0 Å². The SMILES string of the molecule is O=C(CSc1ccccc1Cl)Cc1ccc(Cl)c(Cl)c1. The summed E-state index contributed by atoms with van der Waals surface area (Å²) in [7, 11) is 0. The lowest BCUT2D eigenvalue weighted by atomic mass is 10.1. The van der Waals surface area contributed by atoms with E-state index in [1.807, 2.05) is 30.3 Å². The molecule has 0 heterocycles. The van der Waals surface area contributed by atoms with Gasteiger partial charge in [-0.15, -0.1) is 11.8 Å². The second-order valence-electron chi connectivity index (χ2n) is 4.18. The van der Waals surface area contributed by atoms with Gasteiger partial charge in [-0.3, -0.25) is 4.79 Å². The molecule has 2 aromatic rings. The lowest BCUT2D eigenvalue weighted by Gasteiger charge is -2.05. The third-order valence-corrected chi connectivity index (χ3v) is 4.92. The van der Waals surface area contributed by atoms with E-state index in [-0.39, 0.29) is 5.78 Å². The van der Waals surface area contributed by atoms with E-state index in [1.54, 1.807) is 12.1 Å². The molecule has 0 unspecified atom stereocenters. The lowest BCUT2D eigenvalue weighted by molar-refractivity contribution is -0.116. The highest BCUT2D eigenvalue weighted by Gasteiger charge is 2.08. The Morgan fingerprint density at radius 2 is 1.70 bits per heavy atom. The molecule has 5 heteroatoms. The van der Waals surface area contributed by atoms with Gasteiger partial charge in [0.2, 0.25) is 0 Å². The van der Waals surface area contributed by atoms with Gasteiger partial charge in [-0.25, -0.2) is 0 Å². The van der Waals surface area contributed by atoms with Crippen LogP contribution in [0.5, 0.6) is 0 Å². The van der Waals surface area contributed by atoms with Crippen molar-refractivity contribution in [1.82, 2.24) is 0 Å². The van der Waals surface area contributed by atoms with Gasteiger partial charge in [-0.2, -0.15) is 0 Å². The molecule has 0 aromatic heterocycles. The van der Waals surface area contributed by atoms with Crippen LogP contribution in [0.15, 0.2) is 47.4 Å². The van der Waals surface area contributed by atoms with Gasteiger partial charge in [0.25, 0.3) is 0 Å². The Labute approximate surface area is 137 Å². The van der Waals surface area contributed by atoms with Crippen LogP contribution in [0.25, 0.3) is 0 Å². The van der Waals surface area contributed by atoms with Crippen molar-refractivity contribution in [1.29, 1.82) is 0 Å². The zero-order valence-corrected chi connectivity index (χ0v) is 13.5. The molecule has 0 saturated carbocycles. The normalized spacial score (nSPS) is 10.6. The minimum atomic E-state index is 0.119. The van der Waals surface area contributed by atoms with Gasteiger partial charge in [0.05, 0.1) is 20.8 Å². The van der Waals surface area contributed by atoms with Gasteiger partial charge in [-0.1, -0.05) is 53.0 Å². The van der Waals surface area contributed by atoms with Crippen molar-refractivity contribution in [2.75, 3.05) is 5.75 Å². The van der Waals surface area contributed by atoms with E-state index in [1.165, 1.54) is 11.8 Å². The largest absolute Gasteiger partial charge is 0.298 e. The molecule has 1 nitrogen and oxygen atoms in total. The Bertz CT molecular complexity index is 628. The minimum Gasteiger partial charge on any atom is -0.298 e. The maximum Gasteiger partial charge on any atom is 0.147 e. The molecule has 0 aliphatic heterocycles. The lowest BCUT2D eigenvalue weighted by Crippen LogP contribution is -2.05. The van der Waals surface area contributed by atoms with E-state index in [4.69, 9.17) is 34.8 Å². The van der Waals surface area contributed by atoms with Gasteiger partial charge in [0.15, 0.2) is 0 Å². The molecule has 0 aliphatic rings. The van der Waals surface area contributed by atoms with Crippen LogP contribution in [-0.4, -0.2) is 11.5 Å². The first-order valence-corrected chi connectivity index (χ1v) is 8.01. The fourth-order valence-corrected chi connectivity index (χ4v) is 3.07. The molecule has 104 valence electrons. The summed E-state index contributed by atoms with van der Waals surface area (Å²) >= 11 is 19.2. The van der Waals surface area contributed by atoms with Gasteiger partial charge in [0.1, 0.15) is 5.78 Å². The first kappa shape index (κ1) is 15.7. The van der Waals surface area contributed by atoms with Gasteiger partial charge >= 0.3 is 0 Å². The molecule has 0 atom stereocenters. The third kappa shape index (κ3) is 4.42. The van der Waals surface area contributed by atoms with Crippen LogP contribution in [0.4, 0.5) is 0 Å². The maximum absolute atomic E-state index is 12.0. The molecule has 0 fully saturated rings. The number of Topliss-reactive ketones (excluding diaryl/α,β-unsaturated/α-hetero) is 1. The second-order valence-corrected chi connectivity index (χ2v) is 6.42. The van der Waals surface area contributed by atoms with Crippen molar-refractivity contribution < 1.29 is 4.79 Å². The Morgan fingerprint density at radius 3 is 2.40 bits per heavy atom. The number of hydrogen-bond acceptors (Lipinski definition) is 2. The Morgan fingerprint density at radius 1 is 0.950 bits per heavy atom. The molecular formula is C15H11Cl3OS. The predicted molar refractivity (Wildman–Crippen MR) is 87.3 cm³/mol. The number of halogens is 3. The molecule has 0 aliphatic carbocycles. The van der Waals surface area contributed by atoms with E-state index in [9.17, 15) is 4.79 Å². The Hall–Kier alpha value is -0.670. The first-order valence-electron chi connectivity index (χ1n) is 5.89. The van der Waals surface area contributed by atoms with Crippen LogP contribution in [0.3, 0.4) is 0 Å². The summed E-state index contributed by atoms with van der Waals surface area (Å²) in [5.74, 6) is 0.498. The average Bonchev–Trinajstić information content (AvgIpc) is 2.42. The average molecular weight is 346 g/mol. The third-order valence-electron chi connectivity index (χ3n) is 2.61. The Kier molecular flexibility index (Phi) is 5.79. The number of thioether (sulfide) groups is 1. The topological polar surface area (TPSA) is 17.1 Å². The maximum atomic E-state index is 12.0. The highest BCUT2D eigenvalue weighted by Crippen LogP contribution is 2.27. The molecule has 2 aromatic carbocycles. The van der Waals surface area contributed by atoms with E-state index in [0.717, 1.165) is 10.5 Å². The summed E-state index contributed by atoms with van der Waals surface area (Å²) in [6, 6.07) is 12.7. The fourth-order valence-electron chi connectivity index (χ4n) is 1.65. The Balaban J connectivity index is 1.93. The summed E-state index contributed by atoms with van der Waals surface area (Å²) in [4.78, 5) is 12.9. The van der Waals surface area contributed by atoms with Crippen LogP contribution >= 0.6 is 46.6 Å². The molecule has 0 radical (unpaired) electrons. The van der Waals surface area contributed by atoms with Crippen molar-refractivity contribution in [2.24, 2.45) is 0 Å². The van der Waals surface area contributed by atoms with Gasteiger partial charge in [-0.05, 0) is 29.8 Å². The number of rotatable bonds is 5. The quantitative estimate of drug-likeness (QED) is 0.661. The van der Waals surface area contributed by atoms with Crippen molar-refractivity contribution in [3.63, 3.8) is 0 Å². The highest BCUT2D eigenvalue weighted by atomic mass is 35.5. The number of carbonyl (C=O) groups excluding carboxylic acids is 1. The van der Waals surface area contributed by atoms with Crippen LogP contribution in [0, 0.1) is 0 Å². The zero-order chi connectivity index (χ0) is 14.5. The predicted octanol–water partition coefficient (Wildman–Crippen LogP) is 5.55. The highest BCUT2D eigenvalue weighted by molar-refractivity contribution is 8.00. The van der Waals surface area contributed by atoms with E-state index < -0.39 is 0 Å². The summed E-state index contributed by atoms with van der Waals surface area (Å²) in [6.45, 7) is 0.